The predicted octanol–water partition coefficient (Wildman–Crippen LogP) is 5.64. The van der Waals surface area contributed by atoms with Crippen LogP contribution in [0.1, 0.15) is 52.4 Å². The van der Waals surface area contributed by atoms with Crippen LogP contribution in [0.15, 0.2) is 36.7 Å². The minimum Gasteiger partial charge on any atom is -0.507 e. The molecule has 2 fully saturated rings. The Bertz CT molecular complexity index is 1200. The number of nitrogens with zero attached hydrogens (tertiary/aromatic N) is 5. The number of fused-ring (bicyclic) bond motifs is 2. The molecule has 2 saturated carbocycles. The van der Waals surface area contributed by atoms with Crippen LogP contribution in [-0.4, -0.2) is 45.5 Å². The van der Waals surface area contributed by atoms with Gasteiger partial charge in [-0.15, -0.1) is 10.2 Å². The Morgan fingerprint density at radius 2 is 1.77 bits per heavy atom. The summed E-state index contributed by atoms with van der Waals surface area (Å²) in [5, 5.41) is 19.4. The lowest BCUT2D eigenvalue weighted by atomic mass is 9.55. The monoisotopic (exact) mass is 477 g/mol. The summed E-state index contributed by atoms with van der Waals surface area (Å²) in [4.78, 5) is 10.3. The topological polar surface area (TPSA) is 84.3 Å². The van der Waals surface area contributed by atoms with Crippen LogP contribution in [0.2, 0.25) is 0 Å². The fourth-order valence-electron chi connectivity index (χ4n) is 6.42. The van der Waals surface area contributed by atoms with Gasteiger partial charge in [0.15, 0.2) is 5.82 Å². The van der Waals surface area contributed by atoms with Crippen LogP contribution in [0.3, 0.4) is 0 Å². The number of hydrogen-bond donors (Lipinski definition) is 1. The van der Waals surface area contributed by atoms with Gasteiger partial charge in [-0.1, -0.05) is 20.3 Å². The van der Waals surface area contributed by atoms with E-state index in [4.69, 9.17) is 4.74 Å². The lowest BCUT2D eigenvalue weighted by Crippen LogP contribution is -2.49. The highest BCUT2D eigenvalue weighted by molar-refractivity contribution is 5.74. The van der Waals surface area contributed by atoms with E-state index in [9.17, 15) is 5.11 Å². The normalized spacial score (nSPS) is 25.8. The van der Waals surface area contributed by atoms with Gasteiger partial charge in [-0.25, -0.2) is 14.4 Å². The van der Waals surface area contributed by atoms with Crippen LogP contribution in [0.25, 0.3) is 22.5 Å². The molecular formula is C27H32FN5O2. The second-order valence-electron chi connectivity index (χ2n) is 10.9. The standard InChI is InChI=1S/C27H32FN5O2/c1-26-8-5-9-27(2,15-26)14-18(13-26)33(3)23-7-6-20(31-32-23)25-19(28)10-17(11-22(25)34)21-12-24(35-4)30-16-29-21/h6-7,10-12,16,18,34H,5,8-9,13-15H2,1-4H3/t18-,26-,27+. The first-order chi connectivity index (χ1) is 16.7. The van der Waals surface area contributed by atoms with Crippen molar-refractivity contribution >= 4 is 5.82 Å². The number of rotatable bonds is 5. The Labute approximate surface area is 205 Å². The minimum atomic E-state index is -0.603. The zero-order chi connectivity index (χ0) is 24.8. The van der Waals surface area contributed by atoms with Crippen LogP contribution < -0.4 is 9.64 Å². The van der Waals surface area contributed by atoms with Gasteiger partial charge in [0.1, 0.15) is 17.9 Å². The Morgan fingerprint density at radius 1 is 1.03 bits per heavy atom. The lowest BCUT2D eigenvalue weighted by molar-refractivity contribution is 0.0141. The number of anilines is 1. The van der Waals surface area contributed by atoms with Crippen molar-refractivity contribution in [2.24, 2.45) is 10.8 Å². The Kier molecular flexibility index (Phi) is 5.85. The average molecular weight is 478 g/mol. The summed E-state index contributed by atoms with van der Waals surface area (Å²) in [7, 11) is 3.57. The number of ether oxygens (including phenoxy) is 1. The first-order valence-corrected chi connectivity index (χ1v) is 12.1. The molecule has 0 spiro atoms. The molecule has 0 aliphatic heterocycles. The summed E-state index contributed by atoms with van der Waals surface area (Å²) < 4.78 is 20.2. The second kappa shape index (κ2) is 8.73. The number of phenols is 1. The predicted molar refractivity (Wildman–Crippen MR) is 133 cm³/mol. The van der Waals surface area contributed by atoms with E-state index < -0.39 is 5.82 Å². The first kappa shape index (κ1) is 23.5. The van der Waals surface area contributed by atoms with Crippen molar-refractivity contribution in [3.05, 3.63) is 42.5 Å². The quantitative estimate of drug-likeness (QED) is 0.509. The molecule has 3 aromatic rings. The Balaban J connectivity index is 1.39. The maximum absolute atomic E-state index is 15.1. The van der Waals surface area contributed by atoms with Gasteiger partial charge in [0.2, 0.25) is 5.88 Å². The summed E-state index contributed by atoms with van der Waals surface area (Å²) in [6, 6.07) is 8.34. The molecule has 2 heterocycles. The summed E-state index contributed by atoms with van der Waals surface area (Å²) in [6.07, 6.45) is 8.81. The van der Waals surface area contributed by atoms with Crippen LogP contribution in [0.4, 0.5) is 10.2 Å². The van der Waals surface area contributed by atoms with Crippen molar-refractivity contribution in [1.29, 1.82) is 0 Å². The van der Waals surface area contributed by atoms with Gasteiger partial charge in [0, 0.05) is 24.7 Å². The van der Waals surface area contributed by atoms with Crippen molar-refractivity contribution in [1.82, 2.24) is 20.2 Å². The second-order valence-corrected chi connectivity index (χ2v) is 10.9. The van der Waals surface area contributed by atoms with Crippen molar-refractivity contribution in [3.8, 4) is 34.1 Å². The van der Waals surface area contributed by atoms with Gasteiger partial charge >= 0.3 is 0 Å². The molecule has 1 aromatic carbocycles. The van der Waals surface area contributed by atoms with E-state index >= 15 is 4.39 Å². The van der Waals surface area contributed by atoms with Gasteiger partial charge in [-0.3, -0.25) is 0 Å². The molecule has 0 unspecified atom stereocenters. The van der Waals surface area contributed by atoms with Gasteiger partial charge < -0.3 is 14.7 Å². The number of benzene rings is 1. The summed E-state index contributed by atoms with van der Waals surface area (Å²) in [5.74, 6) is 0.285. The third kappa shape index (κ3) is 4.54. The van der Waals surface area contributed by atoms with E-state index in [1.54, 1.807) is 12.1 Å². The van der Waals surface area contributed by atoms with E-state index in [1.807, 2.05) is 6.07 Å². The third-order valence-electron chi connectivity index (χ3n) is 7.90. The van der Waals surface area contributed by atoms with E-state index in [-0.39, 0.29) is 17.0 Å². The van der Waals surface area contributed by atoms with Crippen LogP contribution in [0, 0.1) is 16.6 Å². The minimum absolute atomic E-state index is 0.0173. The molecule has 0 radical (unpaired) electrons. The van der Waals surface area contributed by atoms with Crippen molar-refractivity contribution in [2.45, 2.75) is 58.4 Å². The lowest BCUT2D eigenvalue weighted by Gasteiger charge is -2.54. The number of halogens is 1. The molecule has 184 valence electrons. The zero-order valence-corrected chi connectivity index (χ0v) is 20.8. The van der Waals surface area contributed by atoms with E-state index in [0.717, 1.165) is 18.7 Å². The molecule has 2 aliphatic carbocycles. The summed E-state index contributed by atoms with van der Waals surface area (Å²) in [5.41, 5.74) is 1.91. The molecule has 1 N–H and O–H groups in total. The number of phenolic OH excluding ortho intramolecular Hbond substituents is 1. The third-order valence-corrected chi connectivity index (χ3v) is 7.90. The highest BCUT2D eigenvalue weighted by Crippen LogP contribution is 2.56. The SMILES string of the molecule is COc1cc(-c2cc(O)c(-c3ccc(N(C)[C@H]4C[C@]5(C)CCC[C@](C)(C4)C5)nn3)c(F)c2)ncn1. The molecule has 0 saturated heterocycles. The molecular weight excluding hydrogens is 445 g/mol. The Morgan fingerprint density at radius 3 is 2.40 bits per heavy atom. The average Bonchev–Trinajstić information content (AvgIpc) is 2.82. The largest absolute Gasteiger partial charge is 0.507 e. The molecule has 7 nitrogen and oxygen atoms in total. The molecule has 3 atom stereocenters. The Hall–Kier alpha value is -3.29. The highest BCUT2D eigenvalue weighted by Gasteiger charge is 2.47. The van der Waals surface area contributed by atoms with Crippen molar-refractivity contribution < 1.29 is 14.2 Å². The number of aromatic nitrogens is 4. The highest BCUT2D eigenvalue weighted by atomic mass is 19.1. The molecule has 2 bridgehead atoms. The molecule has 35 heavy (non-hydrogen) atoms. The number of hydrogen-bond acceptors (Lipinski definition) is 7. The maximum atomic E-state index is 15.1. The van der Waals surface area contributed by atoms with Crippen molar-refractivity contribution in [3.63, 3.8) is 0 Å². The fraction of sp³-hybridized carbons (Fsp3) is 0.481. The van der Waals surface area contributed by atoms with Gasteiger partial charge in [-0.05, 0) is 67.2 Å². The fourth-order valence-corrected chi connectivity index (χ4v) is 6.42. The molecule has 2 aliphatic rings. The molecule has 8 heteroatoms. The van der Waals surface area contributed by atoms with Gasteiger partial charge in [0.05, 0.1) is 24.1 Å². The molecule has 0 amide bonds. The first-order valence-electron chi connectivity index (χ1n) is 12.1. The number of aromatic hydroxyl groups is 1. The number of methoxy groups -OCH3 is 1. The molecule has 5 rings (SSSR count). The zero-order valence-electron chi connectivity index (χ0n) is 20.8. The summed E-state index contributed by atoms with van der Waals surface area (Å²) >= 11 is 0. The summed E-state index contributed by atoms with van der Waals surface area (Å²) in [6.45, 7) is 4.85. The van der Waals surface area contributed by atoms with Crippen LogP contribution >= 0.6 is 0 Å². The van der Waals surface area contributed by atoms with Crippen molar-refractivity contribution in [2.75, 3.05) is 19.1 Å². The van der Waals surface area contributed by atoms with E-state index in [0.29, 0.717) is 34.0 Å². The van der Waals surface area contributed by atoms with Gasteiger partial charge in [0.25, 0.3) is 0 Å². The van der Waals surface area contributed by atoms with Gasteiger partial charge in [-0.2, -0.15) is 0 Å². The van der Waals surface area contributed by atoms with E-state index in [2.05, 4.69) is 46.0 Å². The van der Waals surface area contributed by atoms with Crippen LogP contribution in [-0.2, 0) is 0 Å². The van der Waals surface area contributed by atoms with E-state index in [1.165, 1.54) is 51.3 Å². The smallest absolute Gasteiger partial charge is 0.216 e. The van der Waals surface area contributed by atoms with Crippen LogP contribution in [0.5, 0.6) is 11.6 Å². The maximum Gasteiger partial charge on any atom is 0.216 e. The molecule has 2 aromatic heterocycles.